The molecule has 0 saturated carbocycles. The third-order valence-corrected chi connectivity index (χ3v) is 2.62. The van der Waals surface area contributed by atoms with Gasteiger partial charge in [-0.25, -0.2) is 0 Å². The zero-order valence-corrected chi connectivity index (χ0v) is 10.2. The van der Waals surface area contributed by atoms with E-state index in [2.05, 4.69) is 6.92 Å². The quantitative estimate of drug-likeness (QED) is 0.609. The molecule has 0 aliphatic rings. The first-order valence-corrected chi connectivity index (χ1v) is 5.65. The molecule has 0 heterocycles. The summed E-state index contributed by atoms with van der Waals surface area (Å²) in [4.78, 5) is 10.3. The summed E-state index contributed by atoms with van der Waals surface area (Å²) >= 11 is 0. The highest BCUT2D eigenvalue weighted by atomic mass is 16.6. The normalized spacial score (nSPS) is 12.2. The number of ether oxygens (including phenoxy) is 1. The Morgan fingerprint density at radius 3 is 2.76 bits per heavy atom. The molecule has 0 saturated heterocycles. The zero-order chi connectivity index (χ0) is 12.8. The van der Waals surface area contributed by atoms with E-state index in [0.29, 0.717) is 12.2 Å². The molecule has 1 aromatic rings. The molecule has 0 fully saturated rings. The van der Waals surface area contributed by atoms with Crippen LogP contribution in [-0.4, -0.2) is 18.1 Å². The number of benzene rings is 1. The van der Waals surface area contributed by atoms with Crippen molar-refractivity contribution in [2.75, 3.05) is 7.11 Å². The SMILES string of the molecule is CCCC(N)Cc1cc([N+](=O)[O-])ccc1OC. The Balaban J connectivity index is 2.93. The Kier molecular flexibility index (Phi) is 4.90. The summed E-state index contributed by atoms with van der Waals surface area (Å²) in [5.41, 5.74) is 6.81. The van der Waals surface area contributed by atoms with Gasteiger partial charge in [-0.05, 0) is 18.9 Å². The molecule has 1 rings (SSSR count). The van der Waals surface area contributed by atoms with Crippen molar-refractivity contribution in [3.05, 3.63) is 33.9 Å². The lowest BCUT2D eigenvalue weighted by Gasteiger charge is -2.13. The zero-order valence-electron chi connectivity index (χ0n) is 10.2. The summed E-state index contributed by atoms with van der Waals surface area (Å²) in [5.74, 6) is 0.655. The van der Waals surface area contributed by atoms with Gasteiger partial charge in [-0.1, -0.05) is 13.3 Å². The van der Waals surface area contributed by atoms with Crippen LogP contribution >= 0.6 is 0 Å². The summed E-state index contributed by atoms with van der Waals surface area (Å²) in [6.07, 6.45) is 2.49. The maximum absolute atomic E-state index is 10.7. The average Bonchev–Trinajstić information content (AvgIpc) is 2.29. The van der Waals surface area contributed by atoms with Crippen LogP contribution in [0.4, 0.5) is 5.69 Å². The highest BCUT2D eigenvalue weighted by molar-refractivity contribution is 5.44. The number of non-ortho nitro benzene ring substituents is 1. The molecule has 0 aliphatic heterocycles. The lowest BCUT2D eigenvalue weighted by atomic mass is 10.0. The lowest BCUT2D eigenvalue weighted by Crippen LogP contribution is -2.22. The van der Waals surface area contributed by atoms with Crippen LogP contribution in [0.25, 0.3) is 0 Å². The van der Waals surface area contributed by atoms with E-state index in [1.807, 2.05) is 0 Å². The first-order chi connectivity index (χ1) is 8.08. The Bertz CT molecular complexity index is 393. The molecular formula is C12H18N2O3. The molecule has 94 valence electrons. The first-order valence-electron chi connectivity index (χ1n) is 5.65. The van der Waals surface area contributed by atoms with E-state index in [4.69, 9.17) is 10.5 Å². The van der Waals surface area contributed by atoms with Gasteiger partial charge < -0.3 is 10.5 Å². The molecule has 17 heavy (non-hydrogen) atoms. The molecule has 0 aromatic heterocycles. The van der Waals surface area contributed by atoms with Gasteiger partial charge in [0.25, 0.3) is 5.69 Å². The number of nitrogens with two attached hydrogens (primary N) is 1. The third kappa shape index (κ3) is 3.71. The molecule has 1 aromatic carbocycles. The van der Waals surface area contributed by atoms with Crippen molar-refractivity contribution in [2.24, 2.45) is 5.73 Å². The predicted octanol–water partition coefficient (Wildman–Crippen LogP) is 2.27. The minimum Gasteiger partial charge on any atom is -0.496 e. The second kappa shape index (κ2) is 6.20. The minimum absolute atomic E-state index is 0.0101. The number of methoxy groups -OCH3 is 1. The largest absolute Gasteiger partial charge is 0.496 e. The third-order valence-electron chi connectivity index (χ3n) is 2.62. The molecule has 0 bridgehead atoms. The fraction of sp³-hybridized carbons (Fsp3) is 0.500. The summed E-state index contributed by atoms with van der Waals surface area (Å²) in [7, 11) is 1.55. The molecule has 0 aliphatic carbocycles. The van der Waals surface area contributed by atoms with Crippen LogP contribution in [0, 0.1) is 10.1 Å². The number of nitro benzene ring substituents is 1. The van der Waals surface area contributed by atoms with Gasteiger partial charge in [-0.15, -0.1) is 0 Å². The van der Waals surface area contributed by atoms with Gasteiger partial charge in [0, 0.05) is 23.7 Å². The van der Waals surface area contributed by atoms with Crippen LogP contribution < -0.4 is 10.5 Å². The Labute approximate surface area is 101 Å². The predicted molar refractivity (Wildman–Crippen MR) is 66.2 cm³/mol. The number of hydrogen-bond acceptors (Lipinski definition) is 4. The van der Waals surface area contributed by atoms with Gasteiger partial charge in [0.05, 0.1) is 12.0 Å². The molecule has 0 amide bonds. The molecule has 0 spiro atoms. The van der Waals surface area contributed by atoms with Crippen molar-refractivity contribution in [1.82, 2.24) is 0 Å². The monoisotopic (exact) mass is 238 g/mol. The van der Waals surface area contributed by atoms with E-state index in [1.54, 1.807) is 13.2 Å². The molecule has 5 nitrogen and oxygen atoms in total. The summed E-state index contributed by atoms with van der Waals surface area (Å²) in [6.45, 7) is 2.06. The molecule has 2 N–H and O–H groups in total. The smallest absolute Gasteiger partial charge is 0.269 e. The molecular weight excluding hydrogens is 220 g/mol. The van der Waals surface area contributed by atoms with Gasteiger partial charge in [-0.2, -0.15) is 0 Å². The summed E-state index contributed by atoms with van der Waals surface area (Å²) in [5, 5.41) is 10.7. The van der Waals surface area contributed by atoms with Crippen LogP contribution in [0.15, 0.2) is 18.2 Å². The van der Waals surface area contributed by atoms with Gasteiger partial charge >= 0.3 is 0 Å². The van der Waals surface area contributed by atoms with Gasteiger partial charge in [0.2, 0.25) is 0 Å². The van der Waals surface area contributed by atoms with E-state index in [1.165, 1.54) is 12.1 Å². The van der Waals surface area contributed by atoms with Crippen molar-refractivity contribution >= 4 is 5.69 Å². The molecule has 5 heteroatoms. The number of nitrogens with zero attached hydrogens (tertiary/aromatic N) is 1. The Hall–Kier alpha value is -1.62. The number of hydrogen-bond donors (Lipinski definition) is 1. The summed E-state index contributed by atoms with van der Waals surface area (Å²) < 4.78 is 5.18. The number of rotatable bonds is 6. The van der Waals surface area contributed by atoms with E-state index in [0.717, 1.165) is 18.4 Å². The fourth-order valence-corrected chi connectivity index (χ4v) is 1.79. The van der Waals surface area contributed by atoms with Crippen LogP contribution in [0.2, 0.25) is 0 Å². The standard InChI is InChI=1S/C12H18N2O3/c1-3-4-10(13)7-9-8-11(14(15)16)5-6-12(9)17-2/h5-6,8,10H,3-4,7,13H2,1-2H3. The first kappa shape index (κ1) is 13.4. The van der Waals surface area contributed by atoms with Crippen LogP contribution in [0.3, 0.4) is 0 Å². The van der Waals surface area contributed by atoms with E-state index < -0.39 is 4.92 Å². The van der Waals surface area contributed by atoms with Crippen LogP contribution in [0.1, 0.15) is 25.3 Å². The summed E-state index contributed by atoms with van der Waals surface area (Å²) in [6, 6.07) is 4.60. The van der Waals surface area contributed by atoms with Crippen molar-refractivity contribution in [3.63, 3.8) is 0 Å². The molecule has 0 radical (unpaired) electrons. The van der Waals surface area contributed by atoms with Crippen molar-refractivity contribution in [3.8, 4) is 5.75 Å². The fourth-order valence-electron chi connectivity index (χ4n) is 1.79. The minimum atomic E-state index is -0.408. The molecule has 1 unspecified atom stereocenters. The highest BCUT2D eigenvalue weighted by Crippen LogP contribution is 2.25. The highest BCUT2D eigenvalue weighted by Gasteiger charge is 2.13. The van der Waals surface area contributed by atoms with Gasteiger partial charge in [-0.3, -0.25) is 10.1 Å². The van der Waals surface area contributed by atoms with Crippen molar-refractivity contribution in [2.45, 2.75) is 32.2 Å². The van der Waals surface area contributed by atoms with E-state index in [-0.39, 0.29) is 11.7 Å². The Morgan fingerprint density at radius 2 is 2.24 bits per heavy atom. The van der Waals surface area contributed by atoms with Crippen molar-refractivity contribution < 1.29 is 9.66 Å². The molecule has 1 atom stereocenters. The van der Waals surface area contributed by atoms with Crippen LogP contribution in [-0.2, 0) is 6.42 Å². The topological polar surface area (TPSA) is 78.4 Å². The second-order valence-electron chi connectivity index (χ2n) is 4.01. The second-order valence-corrected chi connectivity index (χ2v) is 4.01. The average molecular weight is 238 g/mol. The maximum atomic E-state index is 10.7. The van der Waals surface area contributed by atoms with Crippen molar-refractivity contribution in [1.29, 1.82) is 0 Å². The number of nitro groups is 1. The van der Waals surface area contributed by atoms with E-state index in [9.17, 15) is 10.1 Å². The van der Waals surface area contributed by atoms with Crippen LogP contribution in [0.5, 0.6) is 5.75 Å². The maximum Gasteiger partial charge on any atom is 0.269 e. The van der Waals surface area contributed by atoms with Gasteiger partial charge in [0.15, 0.2) is 0 Å². The lowest BCUT2D eigenvalue weighted by molar-refractivity contribution is -0.384. The van der Waals surface area contributed by atoms with E-state index >= 15 is 0 Å². The Morgan fingerprint density at radius 1 is 1.53 bits per heavy atom. The van der Waals surface area contributed by atoms with Gasteiger partial charge in [0.1, 0.15) is 5.75 Å².